The first-order valence-electron chi connectivity index (χ1n) is 12.0. The summed E-state index contributed by atoms with van der Waals surface area (Å²) in [4.78, 5) is 23.2. The number of carboxylic acid groups (broad SMARTS) is 2. The Kier molecular flexibility index (Phi) is 14.8. The Bertz CT molecular complexity index is 869. The lowest BCUT2D eigenvalue weighted by Crippen LogP contribution is -2.03. The number of thioether (sulfide) groups is 3. The molecule has 0 amide bonds. The summed E-state index contributed by atoms with van der Waals surface area (Å²) >= 11 is 5.09. The number of methoxy groups -OCH3 is 1. The number of aryl methyl sites for hydroxylation is 1. The van der Waals surface area contributed by atoms with Crippen LogP contribution in [-0.2, 0) is 16.0 Å². The number of rotatable bonds is 19. The molecule has 0 aliphatic heterocycles. The van der Waals surface area contributed by atoms with E-state index in [9.17, 15) is 9.59 Å². The van der Waals surface area contributed by atoms with Gasteiger partial charge < -0.3 is 14.9 Å². The lowest BCUT2D eigenvalue weighted by atomic mass is 10.0. The largest absolute Gasteiger partial charge is 0.497 e. The van der Waals surface area contributed by atoms with Crippen molar-refractivity contribution in [2.24, 2.45) is 0 Å². The Labute approximate surface area is 221 Å². The average molecular weight is 537 g/mol. The Balaban J connectivity index is 1.74. The summed E-state index contributed by atoms with van der Waals surface area (Å²) in [6.07, 6.45) is 7.17. The van der Waals surface area contributed by atoms with Crippen LogP contribution in [0, 0.1) is 0 Å². The molecule has 0 aliphatic carbocycles. The molecule has 2 N–H and O–H groups in total. The standard InChI is InChI=1S/C27H36O5S3/c1-32-22-12-14-23(15-13-22)33-18-8-4-2-3-5-9-21-10-6-7-11-24(21)27(34-19-16-25(28)29)35-20-17-26(30)31/h6-7,10-15,27H,2-5,8-9,16-20H2,1H3,(H,28,29)(H,30,31). The third-order valence-corrected chi connectivity index (χ3v) is 9.31. The van der Waals surface area contributed by atoms with Crippen molar-refractivity contribution < 1.29 is 24.5 Å². The molecule has 0 radical (unpaired) electrons. The van der Waals surface area contributed by atoms with E-state index < -0.39 is 11.9 Å². The quantitative estimate of drug-likeness (QED) is 0.109. The lowest BCUT2D eigenvalue weighted by molar-refractivity contribution is -0.137. The van der Waals surface area contributed by atoms with Crippen molar-refractivity contribution in [3.63, 3.8) is 0 Å². The monoisotopic (exact) mass is 536 g/mol. The van der Waals surface area contributed by atoms with Crippen molar-refractivity contribution in [3.8, 4) is 5.75 Å². The molecule has 0 bridgehead atoms. The minimum atomic E-state index is -0.803. The topological polar surface area (TPSA) is 83.8 Å². The average Bonchev–Trinajstić information content (AvgIpc) is 2.85. The molecule has 0 spiro atoms. The fourth-order valence-electron chi connectivity index (χ4n) is 3.54. The van der Waals surface area contributed by atoms with Crippen molar-refractivity contribution in [1.29, 1.82) is 0 Å². The predicted molar refractivity (Wildman–Crippen MR) is 149 cm³/mol. The van der Waals surface area contributed by atoms with Gasteiger partial charge in [-0.05, 0) is 60.4 Å². The molecule has 0 aromatic heterocycles. The highest BCUT2D eigenvalue weighted by atomic mass is 32.2. The first-order chi connectivity index (χ1) is 17.0. The molecule has 8 heteroatoms. The number of ether oxygens (including phenoxy) is 1. The minimum absolute atomic E-state index is 0.0554. The van der Waals surface area contributed by atoms with Crippen LogP contribution in [0.4, 0.5) is 0 Å². The summed E-state index contributed by atoms with van der Waals surface area (Å²) in [5, 5.41) is 18.0. The molecule has 35 heavy (non-hydrogen) atoms. The molecule has 0 heterocycles. The van der Waals surface area contributed by atoms with Gasteiger partial charge in [-0.1, -0.05) is 43.5 Å². The van der Waals surface area contributed by atoms with Gasteiger partial charge in [0.2, 0.25) is 0 Å². The molecular weight excluding hydrogens is 500 g/mol. The summed E-state index contributed by atoms with van der Waals surface area (Å²) in [5.74, 6) is 1.44. The first-order valence-corrected chi connectivity index (χ1v) is 15.1. The molecule has 0 atom stereocenters. The van der Waals surface area contributed by atoms with E-state index in [4.69, 9.17) is 14.9 Å². The number of hydrogen-bond donors (Lipinski definition) is 2. The zero-order valence-corrected chi connectivity index (χ0v) is 22.8. The van der Waals surface area contributed by atoms with E-state index >= 15 is 0 Å². The Morgan fingerprint density at radius 3 is 2.03 bits per heavy atom. The maximum Gasteiger partial charge on any atom is 0.304 e. The van der Waals surface area contributed by atoms with Crippen molar-refractivity contribution in [1.82, 2.24) is 0 Å². The SMILES string of the molecule is COc1ccc(SCCCCCCCc2ccccc2C(SCCC(=O)O)SCCC(=O)O)cc1. The molecule has 2 aromatic rings. The van der Waals surface area contributed by atoms with Crippen LogP contribution < -0.4 is 4.74 Å². The van der Waals surface area contributed by atoms with Crippen LogP contribution in [-0.4, -0.2) is 46.5 Å². The van der Waals surface area contributed by atoms with Crippen LogP contribution in [0.25, 0.3) is 0 Å². The van der Waals surface area contributed by atoms with E-state index in [2.05, 4.69) is 30.3 Å². The van der Waals surface area contributed by atoms with E-state index in [0.717, 1.165) is 24.3 Å². The van der Waals surface area contributed by atoms with Gasteiger partial charge in [0, 0.05) is 16.4 Å². The van der Waals surface area contributed by atoms with Crippen molar-refractivity contribution >= 4 is 47.2 Å². The third kappa shape index (κ3) is 12.7. The highest BCUT2D eigenvalue weighted by Gasteiger charge is 2.17. The van der Waals surface area contributed by atoms with Gasteiger partial charge in [-0.25, -0.2) is 0 Å². The molecule has 0 saturated heterocycles. The second kappa shape index (κ2) is 17.6. The highest BCUT2D eigenvalue weighted by molar-refractivity contribution is 8.16. The van der Waals surface area contributed by atoms with Gasteiger partial charge in [0.15, 0.2) is 0 Å². The van der Waals surface area contributed by atoms with E-state index in [-0.39, 0.29) is 17.4 Å². The second-order valence-electron chi connectivity index (χ2n) is 8.10. The molecule has 192 valence electrons. The Morgan fingerprint density at radius 1 is 0.800 bits per heavy atom. The van der Waals surface area contributed by atoms with Crippen molar-refractivity contribution in [2.45, 2.75) is 60.8 Å². The number of carbonyl (C=O) groups is 2. The number of hydrogen-bond acceptors (Lipinski definition) is 6. The normalized spacial score (nSPS) is 11.0. The van der Waals surface area contributed by atoms with E-state index in [0.29, 0.717) is 11.5 Å². The summed E-state index contributed by atoms with van der Waals surface area (Å²) in [5.41, 5.74) is 2.49. The first kappa shape index (κ1) is 29.5. The fraction of sp³-hybridized carbons (Fsp3) is 0.481. The van der Waals surface area contributed by atoms with Gasteiger partial charge >= 0.3 is 11.9 Å². The molecule has 2 aromatic carbocycles. The maximum atomic E-state index is 10.9. The molecule has 0 aliphatic rings. The number of aliphatic carboxylic acids is 2. The van der Waals surface area contributed by atoms with E-state index in [1.807, 2.05) is 30.0 Å². The van der Waals surface area contributed by atoms with Crippen LogP contribution in [0.15, 0.2) is 53.4 Å². The summed E-state index contributed by atoms with van der Waals surface area (Å²) in [6, 6.07) is 16.5. The third-order valence-electron chi connectivity index (χ3n) is 5.40. The maximum absolute atomic E-state index is 10.9. The van der Waals surface area contributed by atoms with E-state index in [1.165, 1.54) is 41.7 Å². The van der Waals surface area contributed by atoms with Gasteiger partial charge in [-0.3, -0.25) is 9.59 Å². The molecule has 0 fully saturated rings. The van der Waals surface area contributed by atoms with Gasteiger partial charge in [0.1, 0.15) is 5.75 Å². The van der Waals surface area contributed by atoms with Crippen molar-refractivity contribution in [3.05, 3.63) is 59.7 Å². The molecule has 0 saturated carbocycles. The molecule has 2 rings (SSSR count). The predicted octanol–water partition coefficient (Wildman–Crippen LogP) is 7.39. The Morgan fingerprint density at radius 2 is 1.40 bits per heavy atom. The lowest BCUT2D eigenvalue weighted by Gasteiger charge is -2.20. The fourth-order valence-corrected chi connectivity index (χ4v) is 7.24. The zero-order valence-electron chi connectivity index (χ0n) is 20.3. The summed E-state index contributed by atoms with van der Waals surface area (Å²) in [6.45, 7) is 0. The zero-order chi connectivity index (χ0) is 25.3. The summed E-state index contributed by atoms with van der Waals surface area (Å²) < 4.78 is 5.25. The van der Waals surface area contributed by atoms with Crippen molar-refractivity contribution in [2.75, 3.05) is 24.4 Å². The van der Waals surface area contributed by atoms with Gasteiger partial charge in [-0.2, -0.15) is 0 Å². The Hall–Kier alpha value is -1.77. The number of benzene rings is 2. The van der Waals surface area contributed by atoms with Crippen LogP contribution in [0.5, 0.6) is 5.75 Å². The van der Waals surface area contributed by atoms with Gasteiger partial charge in [0.05, 0.1) is 24.5 Å². The molecular formula is C27H36O5S3. The van der Waals surface area contributed by atoms with Crippen LogP contribution >= 0.6 is 35.3 Å². The number of carboxylic acids is 2. The van der Waals surface area contributed by atoms with E-state index in [1.54, 1.807) is 30.6 Å². The highest BCUT2D eigenvalue weighted by Crippen LogP contribution is 2.42. The van der Waals surface area contributed by atoms with Gasteiger partial charge in [0.25, 0.3) is 0 Å². The molecule has 5 nitrogen and oxygen atoms in total. The van der Waals surface area contributed by atoms with Gasteiger partial charge in [-0.15, -0.1) is 35.3 Å². The van der Waals surface area contributed by atoms with Crippen LogP contribution in [0.1, 0.15) is 60.7 Å². The molecule has 0 unspecified atom stereocenters. The smallest absolute Gasteiger partial charge is 0.304 e. The number of unbranched alkanes of at least 4 members (excludes halogenated alkanes) is 4. The second-order valence-corrected chi connectivity index (χ2v) is 12.0. The summed E-state index contributed by atoms with van der Waals surface area (Å²) in [7, 11) is 1.68. The van der Waals surface area contributed by atoms with Crippen LogP contribution in [0.2, 0.25) is 0 Å². The van der Waals surface area contributed by atoms with Crippen LogP contribution in [0.3, 0.4) is 0 Å². The minimum Gasteiger partial charge on any atom is -0.497 e.